The van der Waals surface area contributed by atoms with Crippen LogP contribution >= 0.6 is 0 Å². The quantitative estimate of drug-likeness (QED) is 0.721. The third kappa shape index (κ3) is 5.51. The fourth-order valence-electron chi connectivity index (χ4n) is 2.36. The number of nitrogens with one attached hydrogen (secondary N) is 1. The van der Waals surface area contributed by atoms with Crippen LogP contribution in [0.15, 0.2) is 53.8 Å². The standard InChI is InChI=1S/C19H28N2O/c1-5-17(15(2)9-10-20)12-19(13-21-3)18-8-6-7-16(11-18)14-22-4/h6-9,11-13,21H,5,10,14,20H2,1-4H3/b15-9-,17-12+,19-13+. The van der Waals surface area contributed by atoms with Gasteiger partial charge in [0.25, 0.3) is 0 Å². The van der Waals surface area contributed by atoms with E-state index >= 15 is 0 Å². The molecular formula is C19H28N2O. The second kappa shape index (κ2) is 9.98. The molecule has 120 valence electrons. The summed E-state index contributed by atoms with van der Waals surface area (Å²) < 4.78 is 5.22. The number of benzene rings is 1. The molecule has 0 atom stereocenters. The summed E-state index contributed by atoms with van der Waals surface area (Å²) in [6.07, 6.45) is 7.29. The number of methoxy groups -OCH3 is 1. The van der Waals surface area contributed by atoms with Crippen molar-refractivity contribution in [2.45, 2.75) is 26.9 Å². The van der Waals surface area contributed by atoms with E-state index in [9.17, 15) is 0 Å². The van der Waals surface area contributed by atoms with Gasteiger partial charge >= 0.3 is 0 Å². The Bertz CT molecular complexity index is 556. The molecular weight excluding hydrogens is 272 g/mol. The minimum Gasteiger partial charge on any atom is -0.393 e. The zero-order valence-corrected chi connectivity index (χ0v) is 14.1. The van der Waals surface area contributed by atoms with Crippen molar-refractivity contribution in [3.05, 3.63) is 64.9 Å². The lowest BCUT2D eigenvalue weighted by molar-refractivity contribution is 0.185. The Balaban J connectivity index is 3.21. The maximum absolute atomic E-state index is 5.63. The third-order valence-electron chi connectivity index (χ3n) is 3.51. The first kappa shape index (κ1) is 18.2. The number of allylic oxidation sites excluding steroid dienone is 4. The largest absolute Gasteiger partial charge is 0.393 e. The van der Waals surface area contributed by atoms with E-state index in [2.05, 4.69) is 55.6 Å². The van der Waals surface area contributed by atoms with Crippen LogP contribution in [0.2, 0.25) is 0 Å². The molecule has 0 amide bonds. The summed E-state index contributed by atoms with van der Waals surface area (Å²) in [7, 11) is 3.63. The van der Waals surface area contributed by atoms with Crippen LogP contribution in [0.5, 0.6) is 0 Å². The molecule has 3 heteroatoms. The normalized spacial score (nSPS) is 13.4. The molecule has 1 aromatic carbocycles. The fourth-order valence-corrected chi connectivity index (χ4v) is 2.36. The molecule has 1 aromatic rings. The van der Waals surface area contributed by atoms with Crippen molar-refractivity contribution in [1.29, 1.82) is 0 Å². The fraction of sp³-hybridized carbons (Fsp3) is 0.368. The molecule has 0 spiro atoms. The van der Waals surface area contributed by atoms with Crippen LogP contribution in [0.4, 0.5) is 0 Å². The van der Waals surface area contributed by atoms with Gasteiger partial charge in [0.05, 0.1) is 6.61 Å². The van der Waals surface area contributed by atoms with E-state index in [0.29, 0.717) is 13.2 Å². The summed E-state index contributed by atoms with van der Waals surface area (Å²) in [6.45, 7) is 5.47. The number of hydrogen-bond donors (Lipinski definition) is 2. The molecule has 0 fully saturated rings. The van der Waals surface area contributed by atoms with Gasteiger partial charge in [-0.15, -0.1) is 0 Å². The molecule has 22 heavy (non-hydrogen) atoms. The highest BCUT2D eigenvalue weighted by Gasteiger charge is 2.04. The lowest BCUT2D eigenvalue weighted by atomic mass is 9.97. The van der Waals surface area contributed by atoms with E-state index < -0.39 is 0 Å². The molecule has 0 aromatic heterocycles. The predicted molar refractivity (Wildman–Crippen MR) is 95.4 cm³/mol. The second-order valence-electron chi connectivity index (χ2n) is 5.17. The van der Waals surface area contributed by atoms with E-state index in [1.807, 2.05) is 13.2 Å². The van der Waals surface area contributed by atoms with Crippen LogP contribution in [0.3, 0.4) is 0 Å². The van der Waals surface area contributed by atoms with Gasteiger partial charge in [0, 0.05) is 26.9 Å². The smallest absolute Gasteiger partial charge is 0.0713 e. The molecule has 0 heterocycles. The zero-order chi connectivity index (χ0) is 16.4. The summed E-state index contributed by atoms with van der Waals surface area (Å²) in [5.74, 6) is 0. The van der Waals surface area contributed by atoms with Gasteiger partial charge < -0.3 is 15.8 Å². The Morgan fingerprint density at radius 1 is 1.36 bits per heavy atom. The minimum atomic E-state index is 0.567. The summed E-state index contributed by atoms with van der Waals surface area (Å²) in [6, 6.07) is 8.43. The van der Waals surface area contributed by atoms with Gasteiger partial charge in [-0.3, -0.25) is 0 Å². The van der Waals surface area contributed by atoms with Gasteiger partial charge in [0.2, 0.25) is 0 Å². The molecule has 3 nitrogen and oxygen atoms in total. The summed E-state index contributed by atoms with van der Waals surface area (Å²) >= 11 is 0. The van der Waals surface area contributed by atoms with Crippen LogP contribution in [0, 0.1) is 0 Å². The first-order valence-corrected chi connectivity index (χ1v) is 7.69. The molecule has 1 rings (SSSR count). The summed E-state index contributed by atoms with van der Waals surface area (Å²) in [5, 5.41) is 3.14. The van der Waals surface area contributed by atoms with Crippen molar-refractivity contribution in [3.63, 3.8) is 0 Å². The topological polar surface area (TPSA) is 47.3 Å². The van der Waals surface area contributed by atoms with Crippen molar-refractivity contribution >= 4 is 5.57 Å². The van der Waals surface area contributed by atoms with Crippen molar-refractivity contribution in [1.82, 2.24) is 5.32 Å². The second-order valence-corrected chi connectivity index (χ2v) is 5.17. The van der Waals surface area contributed by atoms with Crippen LogP contribution in [0.25, 0.3) is 5.57 Å². The van der Waals surface area contributed by atoms with E-state index in [1.54, 1.807) is 7.11 Å². The maximum atomic E-state index is 5.63. The van der Waals surface area contributed by atoms with Gasteiger partial charge in [-0.25, -0.2) is 0 Å². The molecule has 0 unspecified atom stereocenters. The number of rotatable bonds is 8. The highest BCUT2D eigenvalue weighted by molar-refractivity contribution is 5.75. The van der Waals surface area contributed by atoms with E-state index in [-0.39, 0.29) is 0 Å². The number of hydrogen-bond acceptors (Lipinski definition) is 3. The van der Waals surface area contributed by atoms with Crippen LogP contribution in [-0.4, -0.2) is 20.7 Å². The third-order valence-corrected chi connectivity index (χ3v) is 3.51. The van der Waals surface area contributed by atoms with Gasteiger partial charge in [-0.1, -0.05) is 36.8 Å². The van der Waals surface area contributed by atoms with Crippen molar-refractivity contribution < 1.29 is 4.74 Å². The highest BCUT2D eigenvalue weighted by Crippen LogP contribution is 2.23. The van der Waals surface area contributed by atoms with E-state index in [0.717, 1.165) is 12.0 Å². The molecule has 0 aliphatic rings. The van der Waals surface area contributed by atoms with Crippen molar-refractivity contribution in [3.8, 4) is 0 Å². The van der Waals surface area contributed by atoms with Crippen molar-refractivity contribution in [2.24, 2.45) is 5.73 Å². The van der Waals surface area contributed by atoms with Crippen LogP contribution in [0.1, 0.15) is 31.4 Å². The monoisotopic (exact) mass is 300 g/mol. The van der Waals surface area contributed by atoms with Gasteiger partial charge in [0.15, 0.2) is 0 Å². The average Bonchev–Trinajstić information content (AvgIpc) is 2.52. The van der Waals surface area contributed by atoms with Gasteiger partial charge in [-0.05, 0) is 47.8 Å². The van der Waals surface area contributed by atoms with E-state index in [1.165, 1.54) is 22.3 Å². The molecule has 3 N–H and O–H groups in total. The zero-order valence-electron chi connectivity index (χ0n) is 14.1. The molecule has 0 aliphatic carbocycles. The average molecular weight is 300 g/mol. The van der Waals surface area contributed by atoms with Crippen molar-refractivity contribution in [2.75, 3.05) is 20.7 Å². The highest BCUT2D eigenvalue weighted by atomic mass is 16.5. The Labute approximate surface area is 134 Å². The van der Waals surface area contributed by atoms with E-state index in [4.69, 9.17) is 10.5 Å². The van der Waals surface area contributed by atoms with Gasteiger partial charge in [0.1, 0.15) is 0 Å². The Hall–Kier alpha value is -1.84. The molecule has 0 bridgehead atoms. The van der Waals surface area contributed by atoms with Crippen LogP contribution < -0.4 is 11.1 Å². The molecule has 0 saturated heterocycles. The number of nitrogens with two attached hydrogens (primary N) is 1. The maximum Gasteiger partial charge on any atom is 0.0713 e. The Morgan fingerprint density at radius 2 is 2.14 bits per heavy atom. The minimum absolute atomic E-state index is 0.567. The lowest BCUT2D eigenvalue weighted by Crippen LogP contribution is -1.99. The molecule has 0 saturated carbocycles. The predicted octanol–water partition coefficient (Wildman–Crippen LogP) is 3.63. The number of ether oxygens (including phenoxy) is 1. The van der Waals surface area contributed by atoms with Crippen LogP contribution in [-0.2, 0) is 11.3 Å². The van der Waals surface area contributed by atoms with Gasteiger partial charge in [-0.2, -0.15) is 0 Å². The summed E-state index contributed by atoms with van der Waals surface area (Å²) in [4.78, 5) is 0. The Morgan fingerprint density at radius 3 is 2.73 bits per heavy atom. The molecule has 0 radical (unpaired) electrons. The first-order valence-electron chi connectivity index (χ1n) is 7.69. The Kier molecular flexibility index (Phi) is 8.26. The first-order chi connectivity index (χ1) is 10.7. The summed E-state index contributed by atoms with van der Waals surface area (Å²) in [5.41, 5.74) is 11.7. The lowest BCUT2D eigenvalue weighted by Gasteiger charge is -2.10. The molecule has 0 aliphatic heterocycles. The SMILES string of the molecule is CCC(=C\C(=C/NC)c1cccc(COC)c1)/C(C)=C\CN.